The molecule has 3 aromatic heterocycles. The summed E-state index contributed by atoms with van der Waals surface area (Å²) in [5.74, 6) is 1.89. The fraction of sp³-hybridized carbons (Fsp3) is 0.444. The molecule has 25 heavy (non-hydrogen) atoms. The molecule has 0 unspecified atom stereocenters. The smallest absolute Gasteiger partial charge is 0.163 e. The number of hydrogen-bond acceptors (Lipinski definition) is 6. The molecule has 4 heterocycles. The Morgan fingerprint density at radius 3 is 2.60 bits per heavy atom. The first-order valence-corrected chi connectivity index (χ1v) is 8.88. The van der Waals surface area contributed by atoms with Crippen molar-refractivity contribution >= 4 is 22.7 Å². The topological polar surface area (TPSA) is 71.8 Å². The summed E-state index contributed by atoms with van der Waals surface area (Å²) in [7, 11) is 1.88. The van der Waals surface area contributed by atoms with Crippen LogP contribution < -0.4 is 10.2 Å². The first kappa shape index (κ1) is 15.8. The summed E-state index contributed by atoms with van der Waals surface area (Å²) in [6.07, 6.45) is 10.5. The van der Waals surface area contributed by atoms with Crippen LogP contribution >= 0.6 is 0 Å². The molecule has 0 spiro atoms. The third kappa shape index (κ3) is 3.40. The number of hydrogen-bond donors (Lipinski definition) is 1. The molecule has 0 aromatic carbocycles. The second-order valence-corrected chi connectivity index (χ2v) is 6.51. The van der Waals surface area contributed by atoms with Gasteiger partial charge in [0.2, 0.25) is 0 Å². The van der Waals surface area contributed by atoms with Crippen molar-refractivity contribution in [1.29, 1.82) is 0 Å². The van der Waals surface area contributed by atoms with E-state index in [2.05, 4.69) is 42.4 Å². The lowest BCUT2D eigenvalue weighted by atomic mass is 10.2. The molecule has 0 bridgehead atoms. The van der Waals surface area contributed by atoms with E-state index in [0.29, 0.717) is 6.54 Å². The molecular formula is C18H23N7. The van der Waals surface area contributed by atoms with Gasteiger partial charge in [-0.2, -0.15) is 5.10 Å². The molecule has 0 amide bonds. The minimum absolute atomic E-state index is 0.675. The summed E-state index contributed by atoms with van der Waals surface area (Å²) >= 11 is 0. The van der Waals surface area contributed by atoms with Gasteiger partial charge in [-0.05, 0) is 24.5 Å². The Hall–Kier alpha value is -2.70. The largest absolute Gasteiger partial charge is 0.365 e. The van der Waals surface area contributed by atoms with E-state index in [9.17, 15) is 0 Å². The maximum atomic E-state index is 4.66. The lowest BCUT2D eigenvalue weighted by Gasteiger charge is -2.21. The van der Waals surface area contributed by atoms with Crippen molar-refractivity contribution in [1.82, 2.24) is 24.7 Å². The van der Waals surface area contributed by atoms with Gasteiger partial charge in [-0.3, -0.25) is 4.68 Å². The van der Waals surface area contributed by atoms with E-state index in [1.54, 1.807) is 17.2 Å². The zero-order valence-corrected chi connectivity index (χ0v) is 14.5. The predicted octanol–water partition coefficient (Wildman–Crippen LogP) is 2.75. The fourth-order valence-corrected chi connectivity index (χ4v) is 3.30. The first-order valence-electron chi connectivity index (χ1n) is 8.88. The first-order chi connectivity index (χ1) is 12.3. The van der Waals surface area contributed by atoms with E-state index in [1.165, 1.54) is 25.7 Å². The maximum Gasteiger partial charge on any atom is 0.163 e. The molecule has 0 atom stereocenters. The fourth-order valence-electron chi connectivity index (χ4n) is 3.30. The van der Waals surface area contributed by atoms with Gasteiger partial charge in [0.25, 0.3) is 0 Å². The standard InChI is InChI=1S/C18H23N7/c1-24-18-15(12-23-24)17(21-13-22-18)20-11-14-6-7-16(19-10-14)25-8-4-2-3-5-9-25/h6-7,10,12-13H,2-5,8-9,11H2,1H3,(H,20,21,22). The van der Waals surface area contributed by atoms with Crippen LogP contribution in [0.5, 0.6) is 0 Å². The number of pyridine rings is 1. The van der Waals surface area contributed by atoms with Crippen LogP contribution in [0.1, 0.15) is 31.2 Å². The van der Waals surface area contributed by atoms with Crippen LogP contribution in [0.2, 0.25) is 0 Å². The van der Waals surface area contributed by atoms with Crippen molar-refractivity contribution in [2.45, 2.75) is 32.2 Å². The lowest BCUT2D eigenvalue weighted by molar-refractivity contribution is 0.726. The Morgan fingerprint density at radius 1 is 1.00 bits per heavy atom. The number of nitrogens with one attached hydrogen (secondary N) is 1. The van der Waals surface area contributed by atoms with Crippen LogP contribution in [0, 0.1) is 0 Å². The molecule has 130 valence electrons. The second kappa shape index (κ2) is 7.04. The molecule has 0 saturated carbocycles. The third-order valence-electron chi connectivity index (χ3n) is 4.73. The normalized spacial score (nSPS) is 15.3. The summed E-state index contributed by atoms with van der Waals surface area (Å²) in [6.45, 7) is 2.91. The molecule has 0 aliphatic carbocycles. The molecule has 4 rings (SSSR count). The van der Waals surface area contributed by atoms with Gasteiger partial charge in [0.15, 0.2) is 5.65 Å². The molecule has 7 heteroatoms. The van der Waals surface area contributed by atoms with E-state index >= 15 is 0 Å². The zero-order chi connectivity index (χ0) is 17.1. The van der Waals surface area contributed by atoms with Crippen LogP contribution in [-0.2, 0) is 13.6 Å². The molecule has 7 nitrogen and oxygen atoms in total. The molecule has 0 radical (unpaired) electrons. The van der Waals surface area contributed by atoms with Crippen LogP contribution in [0.3, 0.4) is 0 Å². The van der Waals surface area contributed by atoms with Gasteiger partial charge in [-0.25, -0.2) is 15.0 Å². The van der Waals surface area contributed by atoms with E-state index in [0.717, 1.165) is 41.3 Å². The molecule has 1 aliphatic heterocycles. The number of rotatable bonds is 4. The van der Waals surface area contributed by atoms with Crippen molar-refractivity contribution < 1.29 is 0 Å². The Labute approximate surface area is 147 Å². The Morgan fingerprint density at radius 2 is 1.84 bits per heavy atom. The Bertz CT molecular complexity index is 832. The number of aryl methyl sites for hydroxylation is 1. The predicted molar refractivity (Wildman–Crippen MR) is 98.5 cm³/mol. The van der Waals surface area contributed by atoms with Gasteiger partial charge in [0.05, 0.1) is 11.6 Å². The third-order valence-corrected chi connectivity index (χ3v) is 4.73. The van der Waals surface area contributed by atoms with E-state index in [4.69, 9.17) is 0 Å². The lowest BCUT2D eigenvalue weighted by Crippen LogP contribution is -2.24. The highest BCUT2D eigenvalue weighted by molar-refractivity contribution is 5.85. The molecule has 1 fully saturated rings. The number of fused-ring (bicyclic) bond motifs is 1. The molecule has 1 aliphatic rings. The highest BCUT2D eigenvalue weighted by atomic mass is 15.3. The number of aromatic nitrogens is 5. The maximum absolute atomic E-state index is 4.66. The molecule has 1 saturated heterocycles. The van der Waals surface area contributed by atoms with E-state index in [-0.39, 0.29) is 0 Å². The Kier molecular flexibility index (Phi) is 4.45. The monoisotopic (exact) mass is 337 g/mol. The number of nitrogens with zero attached hydrogens (tertiary/aromatic N) is 6. The quantitative estimate of drug-likeness (QED) is 0.789. The summed E-state index contributed by atoms with van der Waals surface area (Å²) in [6, 6.07) is 4.27. The van der Waals surface area contributed by atoms with Gasteiger partial charge >= 0.3 is 0 Å². The van der Waals surface area contributed by atoms with Crippen molar-refractivity contribution in [2.75, 3.05) is 23.3 Å². The van der Waals surface area contributed by atoms with Crippen LogP contribution in [0.15, 0.2) is 30.9 Å². The summed E-state index contributed by atoms with van der Waals surface area (Å²) in [5, 5.41) is 8.54. The van der Waals surface area contributed by atoms with Crippen LogP contribution in [0.4, 0.5) is 11.6 Å². The number of anilines is 2. The average molecular weight is 337 g/mol. The zero-order valence-electron chi connectivity index (χ0n) is 14.5. The SMILES string of the molecule is Cn1ncc2c(NCc3ccc(N4CCCCCC4)nc3)ncnc21. The molecule has 3 aromatic rings. The van der Waals surface area contributed by atoms with Gasteiger partial charge in [-0.15, -0.1) is 0 Å². The minimum Gasteiger partial charge on any atom is -0.365 e. The summed E-state index contributed by atoms with van der Waals surface area (Å²) < 4.78 is 1.75. The molecular weight excluding hydrogens is 314 g/mol. The summed E-state index contributed by atoms with van der Waals surface area (Å²) in [5.41, 5.74) is 1.96. The average Bonchev–Trinajstić information content (AvgIpc) is 2.86. The molecule has 1 N–H and O–H groups in total. The van der Waals surface area contributed by atoms with E-state index in [1.807, 2.05) is 13.2 Å². The second-order valence-electron chi connectivity index (χ2n) is 6.51. The van der Waals surface area contributed by atoms with Gasteiger partial charge in [0.1, 0.15) is 18.0 Å². The highest BCUT2D eigenvalue weighted by Gasteiger charge is 2.11. The van der Waals surface area contributed by atoms with Crippen molar-refractivity contribution in [2.24, 2.45) is 7.05 Å². The summed E-state index contributed by atoms with van der Waals surface area (Å²) in [4.78, 5) is 15.6. The van der Waals surface area contributed by atoms with Crippen LogP contribution in [-0.4, -0.2) is 37.8 Å². The van der Waals surface area contributed by atoms with Crippen LogP contribution in [0.25, 0.3) is 11.0 Å². The van der Waals surface area contributed by atoms with Crippen molar-refractivity contribution in [3.8, 4) is 0 Å². The van der Waals surface area contributed by atoms with E-state index < -0.39 is 0 Å². The van der Waals surface area contributed by atoms with Crippen molar-refractivity contribution in [3.63, 3.8) is 0 Å². The minimum atomic E-state index is 0.675. The van der Waals surface area contributed by atoms with Crippen molar-refractivity contribution in [3.05, 3.63) is 36.4 Å². The Balaban J connectivity index is 1.44. The van der Waals surface area contributed by atoms with Gasteiger partial charge < -0.3 is 10.2 Å². The highest BCUT2D eigenvalue weighted by Crippen LogP contribution is 2.20. The van der Waals surface area contributed by atoms with Gasteiger partial charge in [0, 0.05) is 32.9 Å². The van der Waals surface area contributed by atoms with Gasteiger partial charge in [-0.1, -0.05) is 18.9 Å².